The summed E-state index contributed by atoms with van der Waals surface area (Å²) in [5, 5.41) is 6.96. The van der Waals surface area contributed by atoms with E-state index in [9.17, 15) is 22.8 Å². The van der Waals surface area contributed by atoms with Gasteiger partial charge in [0.25, 0.3) is 5.91 Å². The van der Waals surface area contributed by atoms with Crippen LogP contribution in [0.15, 0.2) is 36.4 Å². The van der Waals surface area contributed by atoms with E-state index in [1.807, 2.05) is 32.8 Å². The number of likely N-dealkylation sites (N-methyl/N-ethyl adjacent to an activating group) is 1. The molecule has 9 nitrogen and oxygen atoms in total. The van der Waals surface area contributed by atoms with Gasteiger partial charge in [-0.2, -0.15) is 18.3 Å². The predicted molar refractivity (Wildman–Crippen MR) is 144 cm³/mol. The molecule has 0 aliphatic heterocycles. The number of halogens is 3. The lowest BCUT2D eigenvalue weighted by molar-refractivity contribution is -0.141. The van der Waals surface area contributed by atoms with E-state index in [-0.39, 0.29) is 35.5 Å². The molecule has 2 aromatic carbocycles. The number of nitrogens with zero attached hydrogens (tertiary/aromatic N) is 3. The average molecular weight is 560 g/mol. The van der Waals surface area contributed by atoms with Crippen LogP contribution in [0, 0.1) is 5.41 Å². The molecule has 0 saturated carbocycles. The standard InChI is InChI=1S/C28H32F3N5O4/c1-27(2)14-20-24(21(37)15-27)25(28(29,30)31)34-36(20)17-7-8-18(26(32)38)19(13-17)33-16-6-9-22(39-5)23(12-16)40-11-10-35(3)4/h6-9,12-13,33H,10-11,14-15H2,1-5H3,(H2,32,38). The molecule has 0 radical (unpaired) electrons. The van der Waals surface area contributed by atoms with E-state index in [1.165, 1.54) is 25.3 Å². The molecule has 0 bridgehead atoms. The summed E-state index contributed by atoms with van der Waals surface area (Å²) in [6.45, 7) is 4.71. The number of anilines is 2. The number of fused-ring (bicyclic) bond motifs is 1. The Hall–Kier alpha value is -4.06. The molecule has 40 heavy (non-hydrogen) atoms. The van der Waals surface area contributed by atoms with E-state index < -0.39 is 34.5 Å². The van der Waals surface area contributed by atoms with E-state index in [4.69, 9.17) is 15.2 Å². The number of nitrogens with two attached hydrogens (primary N) is 1. The van der Waals surface area contributed by atoms with Crippen LogP contribution in [0.5, 0.6) is 11.5 Å². The number of primary amides is 1. The fourth-order valence-corrected chi connectivity index (χ4v) is 4.70. The van der Waals surface area contributed by atoms with Crippen LogP contribution in [0.25, 0.3) is 5.69 Å². The zero-order chi connectivity index (χ0) is 29.4. The fraction of sp³-hybridized carbons (Fsp3) is 0.393. The molecule has 1 aliphatic rings. The monoisotopic (exact) mass is 559 g/mol. The Morgan fingerprint density at radius 3 is 2.50 bits per heavy atom. The topological polar surface area (TPSA) is 112 Å². The minimum Gasteiger partial charge on any atom is -0.493 e. The molecule has 1 amide bonds. The van der Waals surface area contributed by atoms with Crippen LogP contribution in [-0.4, -0.2) is 60.7 Å². The number of Topliss-reactive ketones (excluding diaryl/α,β-unsaturated/α-hetero) is 1. The summed E-state index contributed by atoms with van der Waals surface area (Å²) in [5.41, 5.74) is 4.73. The predicted octanol–water partition coefficient (Wildman–Crippen LogP) is 4.84. The number of rotatable bonds is 9. The number of hydrogen-bond acceptors (Lipinski definition) is 7. The first kappa shape index (κ1) is 28.9. The summed E-state index contributed by atoms with van der Waals surface area (Å²) >= 11 is 0. The van der Waals surface area contributed by atoms with Gasteiger partial charge in [0.2, 0.25) is 0 Å². The molecule has 214 valence electrons. The van der Waals surface area contributed by atoms with Gasteiger partial charge < -0.3 is 25.4 Å². The highest BCUT2D eigenvalue weighted by Gasteiger charge is 2.45. The van der Waals surface area contributed by atoms with Crippen LogP contribution >= 0.6 is 0 Å². The lowest BCUT2D eigenvalue weighted by Crippen LogP contribution is -2.29. The van der Waals surface area contributed by atoms with Crippen molar-refractivity contribution < 1.29 is 32.2 Å². The molecule has 1 heterocycles. The van der Waals surface area contributed by atoms with Gasteiger partial charge in [0.1, 0.15) is 6.61 Å². The zero-order valence-corrected chi connectivity index (χ0v) is 23.0. The van der Waals surface area contributed by atoms with Crippen LogP contribution in [0.2, 0.25) is 0 Å². The summed E-state index contributed by atoms with van der Waals surface area (Å²) < 4.78 is 54.1. The van der Waals surface area contributed by atoms with Crippen LogP contribution in [0.4, 0.5) is 24.5 Å². The number of aromatic nitrogens is 2. The van der Waals surface area contributed by atoms with Gasteiger partial charge in [0, 0.05) is 24.7 Å². The molecular formula is C28H32F3N5O4. The van der Waals surface area contributed by atoms with Gasteiger partial charge in [-0.3, -0.25) is 9.59 Å². The van der Waals surface area contributed by atoms with Crippen molar-refractivity contribution in [1.29, 1.82) is 0 Å². The Morgan fingerprint density at radius 2 is 1.88 bits per heavy atom. The first-order chi connectivity index (χ1) is 18.7. The lowest BCUT2D eigenvalue weighted by atomic mass is 9.75. The largest absolute Gasteiger partial charge is 0.493 e. The van der Waals surface area contributed by atoms with Crippen LogP contribution < -0.4 is 20.5 Å². The van der Waals surface area contributed by atoms with Gasteiger partial charge in [-0.15, -0.1) is 0 Å². The van der Waals surface area contributed by atoms with E-state index >= 15 is 0 Å². The van der Waals surface area contributed by atoms with Gasteiger partial charge in [0.15, 0.2) is 23.0 Å². The number of ketones is 1. The molecule has 0 fully saturated rings. The Kier molecular flexibility index (Phi) is 7.84. The maximum atomic E-state index is 13.9. The Labute approximate surface area is 230 Å². The van der Waals surface area contributed by atoms with Crippen LogP contribution in [0.3, 0.4) is 0 Å². The normalized spacial score (nSPS) is 14.7. The number of nitrogens with one attached hydrogen (secondary N) is 1. The van der Waals surface area contributed by atoms with E-state index in [2.05, 4.69) is 10.4 Å². The molecule has 1 aromatic heterocycles. The van der Waals surface area contributed by atoms with Crippen molar-refractivity contribution in [3.05, 3.63) is 58.9 Å². The molecular weight excluding hydrogens is 527 g/mol. The molecule has 0 atom stereocenters. The molecule has 0 unspecified atom stereocenters. The van der Waals surface area contributed by atoms with Crippen molar-refractivity contribution in [3.8, 4) is 17.2 Å². The highest BCUT2D eigenvalue weighted by Crippen LogP contribution is 2.42. The third-order valence-electron chi connectivity index (χ3n) is 6.57. The summed E-state index contributed by atoms with van der Waals surface area (Å²) in [7, 11) is 5.35. The van der Waals surface area contributed by atoms with E-state index in [0.717, 1.165) is 4.68 Å². The Balaban J connectivity index is 1.78. The van der Waals surface area contributed by atoms with Gasteiger partial charge in [0.05, 0.1) is 35.3 Å². The first-order valence-corrected chi connectivity index (χ1v) is 12.6. The van der Waals surface area contributed by atoms with Crippen LogP contribution in [-0.2, 0) is 12.6 Å². The molecule has 3 aromatic rings. The summed E-state index contributed by atoms with van der Waals surface area (Å²) in [5.74, 6) is -0.372. The van der Waals surface area contributed by atoms with Crippen molar-refractivity contribution in [2.45, 2.75) is 32.9 Å². The minimum atomic E-state index is -4.81. The van der Waals surface area contributed by atoms with Gasteiger partial charge in [-0.25, -0.2) is 4.68 Å². The van der Waals surface area contributed by atoms with Crippen molar-refractivity contribution in [1.82, 2.24) is 14.7 Å². The minimum absolute atomic E-state index is 0.0153. The molecule has 0 saturated heterocycles. The number of carbonyl (C=O) groups is 2. The quantitative estimate of drug-likeness (QED) is 0.386. The first-order valence-electron chi connectivity index (χ1n) is 12.6. The third-order valence-corrected chi connectivity index (χ3v) is 6.57. The van der Waals surface area contributed by atoms with Crippen molar-refractivity contribution in [2.24, 2.45) is 11.1 Å². The summed E-state index contributed by atoms with van der Waals surface area (Å²) in [6, 6.07) is 9.42. The number of methoxy groups -OCH3 is 1. The number of ether oxygens (including phenoxy) is 2. The number of alkyl halides is 3. The maximum Gasteiger partial charge on any atom is 0.435 e. The Morgan fingerprint density at radius 1 is 1.15 bits per heavy atom. The second kappa shape index (κ2) is 10.8. The van der Waals surface area contributed by atoms with Gasteiger partial charge >= 0.3 is 6.18 Å². The summed E-state index contributed by atoms with van der Waals surface area (Å²) in [6.07, 6.45) is -4.62. The fourth-order valence-electron chi connectivity index (χ4n) is 4.70. The highest BCUT2D eigenvalue weighted by atomic mass is 19.4. The number of amides is 1. The second-order valence-electron chi connectivity index (χ2n) is 10.8. The van der Waals surface area contributed by atoms with E-state index in [0.29, 0.717) is 30.3 Å². The molecule has 12 heteroatoms. The molecule has 4 rings (SSSR count). The molecule has 1 aliphatic carbocycles. The number of carbonyl (C=O) groups excluding carboxylic acids is 2. The van der Waals surface area contributed by atoms with Crippen molar-refractivity contribution in [2.75, 3.05) is 39.7 Å². The van der Waals surface area contributed by atoms with Gasteiger partial charge in [-0.1, -0.05) is 13.8 Å². The second-order valence-corrected chi connectivity index (χ2v) is 10.8. The SMILES string of the molecule is COc1ccc(Nc2cc(-n3nc(C(F)(F)F)c4c3CC(C)(C)CC4=O)ccc2C(N)=O)cc1OCCN(C)C. The molecule has 3 N–H and O–H groups in total. The van der Waals surface area contributed by atoms with Crippen molar-refractivity contribution >= 4 is 23.1 Å². The number of hydrogen-bond donors (Lipinski definition) is 2. The van der Waals surface area contributed by atoms with Crippen molar-refractivity contribution in [3.63, 3.8) is 0 Å². The van der Waals surface area contributed by atoms with E-state index in [1.54, 1.807) is 18.2 Å². The lowest BCUT2D eigenvalue weighted by Gasteiger charge is -2.29. The maximum absolute atomic E-state index is 13.9. The Bertz CT molecular complexity index is 1450. The van der Waals surface area contributed by atoms with Crippen LogP contribution in [0.1, 0.15) is 52.4 Å². The highest BCUT2D eigenvalue weighted by molar-refractivity contribution is 6.01. The smallest absolute Gasteiger partial charge is 0.435 e. The zero-order valence-electron chi connectivity index (χ0n) is 23.0. The third kappa shape index (κ3) is 6.06. The summed E-state index contributed by atoms with van der Waals surface area (Å²) in [4.78, 5) is 27.0. The average Bonchev–Trinajstić information content (AvgIpc) is 3.23. The van der Waals surface area contributed by atoms with Gasteiger partial charge in [-0.05, 0) is 56.3 Å². The molecule has 0 spiro atoms. The number of benzene rings is 2.